The predicted octanol–water partition coefficient (Wildman–Crippen LogP) is 2.98. The highest BCUT2D eigenvalue weighted by atomic mass is 35.5. The van der Waals surface area contributed by atoms with Gasteiger partial charge in [-0.25, -0.2) is 0 Å². The van der Waals surface area contributed by atoms with Gasteiger partial charge in [0.15, 0.2) is 5.82 Å². The Morgan fingerprint density at radius 2 is 2.24 bits per heavy atom. The van der Waals surface area contributed by atoms with Crippen molar-refractivity contribution in [1.29, 1.82) is 0 Å². The molecule has 0 N–H and O–H groups in total. The van der Waals surface area contributed by atoms with Crippen LogP contribution in [0, 0.1) is 0 Å². The number of nitrogens with zero attached hydrogens (tertiary/aromatic N) is 3. The van der Waals surface area contributed by atoms with E-state index in [1.54, 1.807) is 11.3 Å². The first-order chi connectivity index (χ1) is 8.17. The minimum absolute atomic E-state index is 0.655. The molecule has 2 aromatic rings. The fraction of sp³-hybridized carbons (Fsp3) is 0.455. The zero-order valence-corrected chi connectivity index (χ0v) is 11.4. The first kappa shape index (κ1) is 12.5. The Labute approximate surface area is 109 Å². The van der Waals surface area contributed by atoms with Gasteiger partial charge in [-0.05, 0) is 19.2 Å². The van der Waals surface area contributed by atoms with Crippen molar-refractivity contribution in [3.63, 3.8) is 0 Å². The van der Waals surface area contributed by atoms with Crippen molar-refractivity contribution < 1.29 is 4.52 Å². The summed E-state index contributed by atoms with van der Waals surface area (Å²) in [6, 6.07) is 3.95. The van der Waals surface area contributed by atoms with Gasteiger partial charge in [-0.2, -0.15) is 4.98 Å². The van der Waals surface area contributed by atoms with E-state index in [9.17, 15) is 0 Å². The summed E-state index contributed by atoms with van der Waals surface area (Å²) < 4.78 is 5.96. The molecule has 17 heavy (non-hydrogen) atoms. The molecule has 0 aromatic carbocycles. The van der Waals surface area contributed by atoms with Crippen molar-refractivity contribution in [2.24, 2.45) is 0 Å². The molecule has 0 saturated heterocycles. The zero-order valence-electron chi connectivity index (χ0n) is 9.81. The molecule has 0 spiro atoms. The van der Waals surface area contributed by atoms with E-state index in [1.165, 1.54) is 4.88 Å². The van der Waals surface area contributed by atoms with Crippen molar-refractivity contribution in [2.45, 2.75) is 26.4 Å². The van der Waals surface area contributed by atoms with Crippen LogP contribution in [0.1, 0.15) is 23.5 Å². The van der Waals surface area contributed by atoms with Crippen LogP contribution in [0.4, 0.5) is 0 Å². The maximum atomic E-state index is 5.89. The van der Waals surface area contributed by atoms with Crippen LogP contribution in [0.15, 0.2) is 16.7 Å². The number of halogens is 1. The molecular weight excluding hydrogens is 258 g/mol. The van der Waals surface area contributed by atoms with Gasteiger partial charge in [0.1, 0.15) is 0 Å². The highest BCUT2D eigenvalue weighted by molar-refractivity contribution is 7.16. The largest absolute Gasteiger partial charge is 0.338 e. The number of aryl methyl sites for hydroxylation is 1. The topological polar surface area (TPSA) is 42.2 Å². The van der Waals surface area contributed by atoms with Gasteiger partial charge in [0, 0.05) is 17.8 Å². The van der Waals surface area contributed by atoms with Crippen LogP contribution in [-0.2, 0) is 19.5 Å². The van der Waals surface area contributed by atoms with E-state index >= 15 is 0 Å². The average Bonchev–Trinajstić information content (AvgIpc) is 2.88. The summed E-state index contributed by atoms with van der Waals surface area (Å²) in [4.78, 5) is 7.62. The fourth-order valence-electron chi connectivity index (χ4n) is 1.49. The van der Waals surface area contributed by atoms with E-state index in [1.807, 2.05) is 26.1 Å². The third kappa shape index (κ3) is 3.52. The van der Waals surface area contributed by atoms with Gasteiger partial charge in [-0.15, -0.1) is 11.3 Å². The molecule has 0 fully saturated rings. The third-order valence-electron chi connectivity index (χ3n) is 2.29. The molecule has 2 aromatic heterocycles. The molecule has 0 atom stereocenters. The Bertz CT molecular complexity index is 483. The molecule has 0 aliphatic heterocycles. The molecule has 0 amide bonds. The van der Waals surface area contributed by atoms with Crippen LogP contribution in [0.5, 0.6) is 0 Å². The summed E-state index contributed by atoms with van der Waals surface area (Å²) in [6.07, 6.45) is 0.799. The van der Waals surface area contributed by atoms with Crippen LogP contribution in [0.3, 0.4) is 0 Å². The quantitative estimate of drug-likeness (QED) is 0.838. The maximum absolute atomic E-state index is 5.89. The minimum Gasteiger partial charge on any atom is -0.338 e. The van der Waals surface area contributed by atoms with Crippen molar-refractivity contribution in [3.8, 4) is 0 Å². The Morgan fingerprint density at radius 1 is 1.41 bits per heavy atom. The molecule has 0 saturated carbocycles. The Balaban J connectivity index is 1.90. The molecule has 0 bridgehead atoms. The summed E-state index contributed by atoms with van der Waals surface area (Å²) in [7, 11) is 2.02. The van der Waals surface area contributed by atoms with Gasteiger partial charge >= 0.3 is 0 Å². The number of thiophene rings is 1. The lowest BCUT2D eigenvalue weighted by molar-refractivity contribution is 0.262. The van der Waals surface area contributed by atoms with Gasteiger partial charge in [0.2, 0.25) is 5.89 Å². The Morgan fingerprint density at radius 3 is 2.82 bits per heavy atom. The summed E-state index contributed by atoms with van der Waals surface area (Å²) >= 11 is 7.48. The predicted molar refractivity (Wildman–Crippen MR) is 68.2 cm³/mol. The minimum atomic E-state index is 0.655. The van der Waals surface area contributed by atoms with E-state index in [-0.39, 0.29) is 0 Å². The van der Waals surface area contributed by atoms with E-state index in [0.29, 0.717) is 12.4 Å². The summed E-state index contributed by atoms with van der Waals surface area (Å²) in [5.74, 6) is 1.42. The first-order valence-corrected chi connectivity index (χ1v) is 6.61. The van der Waals surface area contributed by atoms with Crippen molar-refractivity contribution in [2.75, 3.05) is 7.05 Å². The van der Waals surface area contributed by atoms with Gasteiger partial charge in [-0.1, -0.05) is 23.7 Å². The second kappa shape index (κ2) is 5.62. The van der Waals surface area contributed by atoms with Crippen LogP contribution in [0.25, 0.3) is 0 Å². The molecule has 6 heteroatoms. The molecule has 4 nitrogen and oxygen atoms in total. The number of hydrogen-bond donors (Lipinski definition) is 0. The number of hydrogen-bond acceptors (Lipinski definition) is 5. The van der Waals surface area contributed by atoms with E-state index < -0.39 is 0 Å². The molecule has 0 aliphatic rings. The number of aromatic nitrogens is 2. The van der Waals surface area contributed by atoms with Gasteiger partial charge < -0.3 is 4.52 Å². The fourth-order valence-corrected chi connectivity index (χ4v) is 2.66. The molecule has 0 aliphatic carbocycles. The van der Waals surface area contributed by atoms with Gasteiger partial charge in [0.05, 0.1) is 10.9 Å². The molecule has 0 unspecified atom stereocenters. The van der Waals surface area contributed by atoms with Crippen molar-refractivity contribution in [3.05, 3.63) is 33.1 Å². The number of rotatable bonds is 5. The monoisotopic (exact) mass is 271 g/mol. The van der Waals surface area contributed by atoms with Crippen molar-refractivity contribution >= 4 is 22.9 Å². The molecule has 92 valence electrons. The normalized spacial score (nSPS) is 11.3. The lowest BCUT2D eigenvalue weighted by Crippen LogP contribution is -2.16. The van der Waals surface area contributed by atoms with E-state index in [0.717, 1.165) is 23.1 Å². The van der Waals surface area contributed by atoms with Gasteiger partial charge in [0.25, 0.3) is 0 Å². The lowest BCUT2D eigenvalue weighted by Gasteiger charge is -2.12. The molecule has 0 radical (unpaired) electrons. The third-order valence-corrected chi connectivity index (χ3v) is 3.50. The maximum Gasteiger partial charge on any atom is 0.240 e. The molecule has 2 heterocycles. The Hall–Kier alpha value is -0.910. The average molecular weight is 272 g/mol. The van der Waals surface area contributed by atoms with Crippen LogP contribution in [0.2, 0.25) is 4.34 Å². The van der Waals surface area contributed by atoms with E-state index in [4.69, 9.17) is 16.1 Å². The Kier molecular flexibility index (Phi) is 4.15. The summed E-state index contributed by atoms with van der Waals surface area (Å²) in [5.41, 5.74) is 0. The zero-order chi connectivity index (χ0) is 12.3. The smallest absolute Gasteiger partial charge is 0.240 e. The second-order valence-corrected chi connectivity index (χ2v) is 5.64. The lowest BCUT2D eigenvalue weighted by atomic mass is 10.4. The van der Waals surface area contributed by atoms with E-state index in [2.05, 4.69) is 15.0 Å². The molecule has 2 rings (SSSR count). The summed E-state index contributed by atoms with van der Waals surface area (Å²) in [5, 5.41) is 3.87. The standard InChI is InChI=1S/C11H14ClN3OS/c1-3-10-13-11(16-14-10)7-15(2)6-8-4-5-9(12)17-8/h4-5H,3,6-7H2,1-2H3. The SMILES string of the molecule is CCc1noc(CN(C)Cc2ccc(Cl)s2)n1. The van der Waals surface area contributed by atoms with Crippen LogP contribution < -0.4 is 0 Å². The highest BCUT2D eigenvalue weighted by Crippen LogP contribution is 2.22. The molecular formula is C11H14ClN3OS. The second-order valence-electron chi connectivity index (χ2n) is 3.84. The summed E-state index contributed by atoms with van der Waals surface area (Å²) in [6.45, 7) is 3.50. The first-order valence-electron chi connectivity index (χ1n) is 5.41. The highest BCUT2D eigenvalue weighted by Gasteiger charge is 2.09. The van der Waals surface area contributed by atoms with Crippen molar-refractivity contribution in [1.82, 2.24) is 15.0 Å². The van der Waals surface area contributed by atoms with Crippen LogP contribution >= 0.6 is 22.9 Å². The van der Waals surface area contributed by atoms with Gasteiger partial charge in [-0.3, -0.25) is 4.90 Å². The van der Waals surface area contributed by atoms with Crippen LogP contribution in [-0.4, -0.2) is 22.1 Å².